The molecule has 6 heteroatoms. The van der Waals surface area contributed by atoms with E-state index in [1.54, 1.807) is 0 Å². The van der Waals surface area contributed by atoms with Crippen LogP contribution in [0.25, 0.3) is 0 Å². The van der Waals surface area contributed by atoms with Crippen LogP contribution in [0.5, 0.6) is 0 Å². The minimum Gasteiger partial charge on any atom is -0.462 e. The van der Waals surface area contributed by atoms with Gasteiger partial charge in [-0.1, -0.05) is 194 Å². The first-order chi connectivity index (χ1) is 32.5. The zero-order valence-electron chi connectivity index (χ0n) is 42.7. The molecule has 0 aromatic carbocycles. The quantitative estimate of drug-likeness (QED) is 0.0262. The largest absolute Gasteiger partial charge is 0.462 e. The highest BCUT2D eigenvalue weighted by atomic mass is 16.6. The van der Waals surface area contributed by atoms with Crippen LogP contribution in [0.15, 0.2) is 109 Å². The lowest BCUT2D eigenvalue weighted by Gasteiger charge is -2.18. The second kappa shape index (κ2) is 53.7. The third kappa shape index (κ3) is 51.1. The van der Waals surface area contributed by atoms with E-state index in [0.29, 0.717) is 19.3 Å². The Morgan fingerprint density at radius 3 is 1.02 bits per heavy atom. The van der Waals surface area contributed by atoms with Crippen LogP contribution in [0.4, 0.5) is 0 Å². The van der Waals surface area contributed by atoms with Gasteiger partial charge >= 0.3 is 17.9 Å². The first kappa shape index (κ1) is 62.1. The van der Waals surface area contributed by atoms with Crippen molar-refractivity contribution in [3.05, 3.63) is 109 Å². The van der Waals surface area contributed by atoms with Gasteiger partial charge in [-0.15, -0.1) is 0 Å². The number of carbonyl (C=O) groups excluding carboxylic acids is 3. The Kier molecular flexibility index (Phi) is 50.5. The van der Waals surface area contributed by atoms with Crippen molar-refractivity contribution in [2.75, 3.05) is 13.2 Å². The molecule has 374 valence electrons. The fraction of sp³-hybridized carbons (Fsp3) is 0.650. The van der Waals surface area contributed by atoms with Crippen LogP contribution >= 0.6 is 0 Å². The Morgan fingerprint density at radius 2 is 0.591 bits per heavy atom. The van der Waals surface area contributed by atoms with E-state index in [2.05, 4.69) is 130 Å². The lowest BCUT2D eigenvalue weighted by atomic mass is 10.1. The average Bonchev–Trinajstić information content (AvgIpc) is 3.31. The van der Waals surface area contributed by atoms with Crippen molar-refractivity contribution in [2.45, 2.75) is 239 Å². The van der Waals surface area contributed by atoms with Crippen LogP contribution < -0.4 is 0 Å². The monoisotopic (exact) mass is 915 g/mol. The van der Waals surface area contributed by atoms with Gasteiger partial charge in [-0.25, -0.2) is 0 Å². The molecule has 0 heterocycles. The molecule has 0 bridgehead atoms. The smallest absolute Gasteiger partial charge is 0.306 e. The Bertz CT molecular complexity index is 1370. The molecule has 0 radical (unpaired) electrons. The minimum atomic E-state index is -0.818. The molecular formula is C60H98O6. The van der Waals surface area contributed by atoms with Crippen LogP contribution in [-0.2, 0) is 28.6 Å². The summed E-state index contributed by atoms with van der Waals surface area (Å²) in [6.45, 7) is 6.41. The van der Waals surface area contributed by atoms with Gasteiger partial charge in [-0.3, -0.25) is 14.4 Å². The van der Waals surface area contributed by atoms with Gasteiger partial charge in [0.05, 0.1) is 0 Å². The number of rotatable bonds is 47. The molecule has 0 aromatic rings. The highest BCUT2D eigenvalue weighted by Crippen LogP contribution is 2.12. The third-order valence-electron chi connectivity index (χ3n) is 11.0. The summed E-state index contributed by atoms with van der Waals surface area (Å²) in [5.74, 6) is -0.997. The molecule has 0 unspecified atom stereocenters. The maximum atomic E-state index is 12.8. The van der Waals surface area contributed by atoms with Crippen molar-refractivity contribution in [1.29, 1.82) is 0 Å². The second-order valence-electron chi connectivity index (χ2n) is 17.4. The maximum Gasteiger partial charge on any atom is 0.306 e. The molecule has 0 spiro atoms. The molecule has 0 fully saturated rings. The van der Waals surface area contributed by atoms with Crippen molar-refractivity contribution in [3.8, 4) is 0 Å². The Hall–Kier alpha value is -3.93. The normalized spacial score (nSPS) is 13.0. The molecular weight excluding hydrogens is 817 g/mol. The Morgan fingerprint density at radius 1 is 0.318 bits per heavy atom. The van der Waals surface area contributed by atoms with Gasteiger partial charge in [-0.05, 0) is 128 Å². The second-order valence-corrected chi connectivity index (χ2v) is 17.4. The SMILES string of the molecule is CC/C=C\C/C=C\C/C=C\C/C=C\CCCCC(=O)O[C@@H](COC(=O)CCCCC/C=C\C/C=C\C/C=C\C/C=C\CCCCC)COC(=O)CCCCCCC/C=C\CCCCCCC. The number of allylic oxidation sites excluding steroid dienone is 18. The van der Waals surface area contributed by atoms with E-state index < -0.39 is 6.10 Å². The van der Waals surface area contributed by atoms with E-state index in [4.69, 9.17) is 14.2 Å². The lowest BCUT2D eigenvalue weighted by molar-refractivity contribution is -0.167. The van der Waals surface area contributed by atoms with Gasteiger partial charge in [0.25, 0.3) is 0 Å². The predicted octanol–water partition coefficient (Wildman–Crippen LogP) is 17.9. The number of hydrogen-bond donors (Lipinski definition) is 0. The summed E-state index contributed by atoms with van der Waals surface area (Å²) in [7, 11) is 0. The Balaban J connectivity index is 4.53. The molecule has 0 rings (SSSR count). The fourth-order valence-corrected chi connectivity index (χ4v) is 6.94. The van der Waals surface area contributed by atoms with Crippen LogP contribution in [-0.4, -0.2) is 37.2 Å². The molecule has 0 N–H and O–H groups in total. The summed E-state index contributed by atoms with van der Waals surface area (Å²) in [4.78, 5) is 38.0. The van der Waals surface area contributed by atoms with E-state index in [0.717, 1.165) is 116 Å². The molecule has 0 aromatic heterocycles. The van der Waals surface area contributed by atoms with Crippen LogP contribution in [0.1, 0.15) is 233 Å². The standard InChI is InChI=1S/C60H98O6/c1-4-7-10-13-16-19-22-25-28-29-30-31-33-35-38-41-44-47-50-53-59(62)65-56-57(55-64-58(61)52-49-46-43-40-37-34-27-24-21-18-15-12-9-6-3)66-60(63)54-51-48-45-42-39-36-32-26-23-20-17-14-11-8-5-2/h8,11,16-17,19-20,24-28,30-32,35,38-39,42,57H,4-7,9-10,12-15,18,21-23,29,33-34,36-37,40-41,43-56H2,1-3H3/b11-8-,19-16-,20-17-,27-24-,28-25-,31-30-,32-26-,38-35-,42-39-/t57-/m1/s1. The van der Waals surface area contributed by atoms with E-state index in [1.807, 2.05) is 0 Å². The fourth-order valence-electron chi connectivity index (χ4n) is 6.94. The zero-order valence-corrected chi connectivity index (χ0v) is 42.7. The summed E-state index contributed by atoms with van der Waals surface area (Å²) in [6.07, 6.45) is 72.1. The predicted molar refractivity (Wildman–Crippen MR) is 283 cm³/mol. The van der Waals surface area contributed by atoms with Crippen molar-refractivity contribution in [3.63, 3.8) is 0 Å². The number of unbranched alkanes of at least 4 members (excludes halogenated alkanes) is 18. The van der Waals surface area contributed by atoms with E-state index in [1.165, 1.54) is 70.6 Å². The van der Waals surface area contributed by atoms with Gasteiger partial charge in [-0.2, -0.15) is 0 Å². The lowest BCUT2D eigenvalue weighted by Crippen LogP contribution is -2.30. The molecule has 0 aliphatic heterocycles. The summed E-state index contributed by atoms with van der Waals surface area (Å²) in [5, 5.41) is 0. The first-order valence-electron chi connectivity index (χ1n) is 26.9. The highest BCUT2D eigenvalue weighted by Gasteiger charge is 2.19. The molecule has 6 nitrogen and oxygen atoms in total. The van der Waals surface area contributed by atoms with Crippen LogP contribution in [0.3, 0.4) is 0 Å². The number of ether oxygens (including phenoxy) is 3. The minimum absolute atomic E-state index is 0.111. The summed E-state index contributed by atoms with van der Waals surface area (Å²) in [6, 6.07) is 0. The topological polar surface area (TPSA) is 78.9 Å². The average molecular weight is 915 g/mol. The number of esters is 3. The molecule has 0 aliphatic carbocycles. The molecule has 1 atom stereocenters. The van der Waals surface area contributed by atoms with Gasteiger partial charge in [0.2, 0.25) is 0 Å². The van der Waals surface area contributed by atoms with Gasteiger partial charge in [0, 0.05) is 19.3 Å². The van der Waals surface area contributed by atoms with Crippen LogP contribution in [0.2, 0.25) is 0 Å². The molecule has 66 heavy (non-hydrogen) atoms. The van der Waals surface area contributed by atoms with Crippen molar-refractivity contribution >= 4 is 17.9 Å². The summed E-state index contributed by atoms with van der Waals surface area (Å²) >= 11 is 0. The van der Waals surface area contributed by atoms with Gasteiger partial charge in [0.1, 0.15) is 13.2 Å². The zero-order chi connectivity index (χ0) is 47.9. The highest BCUT2D eigenvalue weighted by molar-refractivity contribution is 5.71. The molecule has 0 saturated carbocycles. The van der Waals surface area contributed by atoms with Crippen molar-refractivity contribution < 1.29 is 28.6 Å². The molecule has 0 saturated heterocycles. The first-order valence-corrected chi connectivity index (χ1v) is 26.9. The van der Waals surface area contributed by atoms with Gasteiger partial charge in [0.15, 0.2) is 6.10 Å². The third-order valence-corrected chi connectivity index (χ3v) is 11.0. The maximum absolute atomic E-state index is 12.8. The van der Waals surface area contributed by atoms with E-state index in [-0.39, 0.29) is 37.5 Å². The number of carbonyl (C=O) groups is 3. The van der Waals surface area contributed by atoms with E-state index in [9.17, 15) is 14.4 Å². The Labute approximate surface area is 406 Å². The van der Waals surface area contributed by atoms with Crippen molar-refractivity contribution in [2.24, 2.45) is 0 Å². The molecule has 0 aliphatic rings. The van der Waals surface area contributed by atoms with Crippen molar-refractivity contribution in [1.82, 2.24) is 0 Å². The van der Waals surface area contributed by atoms with E-state index >= 15 is 0 Å². The van der Waals surface area contributed by atoms with Crippen LogP contribution in [0, 0.1) is 0 Å². The molecule has 0 amide bonds. The summed E-state index contributed by atoms with van der Waals surface area (Å²) < 4.78 is 16.7. The number of hydrogen-bond acceptors (Lipinski definition) is 6. The van der Waals surface area contributed by atoms with Gasteiger partial charge < -0.3 is 14.2 Å². The summed E-state index contributed by atoms with van der Waals surface area (Å²) in [5.41, 5.74) is 0.